The number of nitrogens with zero attached hydrogens (tertiary/aromatic N) is 1. The van der Waals surface area contributed by atoms with E-state index in [1.165, 1.54) is 13.0 Å². The summed E-state index contributed by atoms with van der Waals surface area (Å²) in [4.78, 5) is 11.0. The fourth-order valence-electron chi connectivity index (χ4n) is 1.07. The summed E-state index contributed by atoms with van der Waals surface area (Å²) in [6.45, 7) is 1.49. The summed E-state index contributed by atoms with van der Waals surface area (Å²) in [7, 11) is 0. The number of nitriles is 1. The molecule has 0 unspecified atom stereocenters. The first-order chi connectivity index (χ1) is 6.65. The Morgan fingerprint density at radius 1 is 1.57 bits per heavy atom. The van der Waals surface area contributed by atoms with E-state index in [9.17, 15) is 4.79 Å². The molecule has 0 aliphatic carbocycles. The second kappa shape index (κ2) is 4.24. The van der Waals surface area contributed by atoms with Gasteiger partial charge in [-0.1, -0.05) is 12.1 Å². The lowest BCUT2D eigenvalue weighted by Gasteiger charge is -2.01. The Kier molecular flexibility index (Phi) is 3.03. The molecule has 70 valence electrons. The molecule has 0 saturated heterocycles. The second-order valence-corrected chi connectivity index (χ2v) is 2.86. The van der Waals surface area contributed by atoms with Crippen molar-refractivity contribution in [3.05, 3.63) is 35.4 Å². The van der Waals surface area contributed by atoms with Gasteiger partial charge in [0.2, 0.25) is 0 Å². The van der Waals surface area contributed by atoms with E-state index < -0.39 is 0 Å². The van der Waals surface area contributed by atoms with E-state index in [4.69, 9.17) is 11.0 Å². The molecule has 0 radical (unpaired) electrons. The summed E-state index contributed by atoms with van der Waals surface area (Å²) in [6.07, 6.45) is 2.96. The summed E-state index contributed by atoms with van der Waals surface area (Å²) in [5.41, 5.74) is 7.52. The largest absolute Gasteiger partial charge is 0.398 e. The monoisotopic (exact) mass is 186 g/mol. The zero-order chi connectivity index (χ0) is 10.6. The van der Waals surface area contributed by atoms with Crippen molar-refractivity contribution in [1.82, 2.24) is 0 Å². The summed E-state index contributed by atoms with van der Waals surface area (Å²) in [6, 6.07) is 6.90. The van der Waals surface area contributed by atoms with Crippen molar-refractivity contribution in [3.63, 3.8) is 0 Å². The molecule has 0 spiro atoms. The average molecular weight is 186 g/mol. The van der Waals surface area contributed by atoms with Crippen LogP contribution in [0.3, 0.4) is 0 Å². The summed E-state index contributed by atoms with van der Waals surface area (Å²) in [5.74, 6) is -0.0208. The molecule has 0 amide bonds. The van der Waals surface area contributed by atoms with Crippen LogP contribution < -0.4 is 5.73 Å². The molecule has 3 heteroatoms. The Morgan fingerprint density at radius 2 is 2.29 bits per heavy atom. The molecule has 0 atom stereocenters. The lowest BCUT2D eigenvalue weighted by molar-refractivity contribution is 0.101. The van der Waals surface area contributed by atoms with Gasteiger partial charge in [0.1, 0.15) is 0 Å². The molecule has 3 nitrogen and oxygen atoms in total. The molecule has 0 bridgehead atoms. The molecular weight excluding hydrogens is 176 g/mol. The van der Waals surface area contributed by atoms with Gasteiger partial charge in [-0.2, -0.15) is 5.26 Å². The zero-order valence-corrected chi connectivity index (χ0v) is 7.82. The van der Waals surface area contributed by atoms with Crippen LogP contribution in [0.4, 0.5) is 5.69 Å². The highest BCUT2D eigenvalue weighted by Gasteiger charge is 2.01. The van der Waals surface area contributed by atoms with Gasteiger partial charge in [-0.15, -0.1) is 0 Å². The lowest BCUT2D eigenvalue weighted by atomic mass is 10.1. The summed E-state index contributed by atoms with van der Waals surface area (Å²) < 4.78 is 0. The van der Waals surface area contributed by atoms with Crippen molar-refractivity contribution in [3.8, 4) is 6.07 Å². The molecule has 0 aliphatic heterocycles. The molecule has 1 aromatic carbocycles. The molecule has 2 N–H and O–H groups in total. The number of hydrogen-bond acceptors (Lipinski definition) is 3. The maximum atomic E-state index is 11.0. The topological polar surface area (TPSA) is 66.9 Å². The van der Waals surface area contributed by atoms with Gasteiger partial charge < -0.3 is 5.73 Å². The Hall–Kier alpha value is -2.08. The summed E-state index contributed by atoms with van der Waals surface area (Å²) in [5, 5.41) is 8.33. The Balaban J connectivity index is 3.09. The molecule has 1 rings (SSSR count). The highest BCUT2D eigenvalue weighted by molar-refractivity contribution is 5.95. The molecule has 0 aliphatic rings. The van der Waals surface area contributed by atoms with Gasteiger partial charge in [-0.25, -0.2) is 0 Å². The highest BCUT2D eigenvalue weighted by atomic mass is 16.1. The first kappa shape index (κ1) is 10.0. The number of nitrogens with two attached hydrogens (primary N) is 1. The van der Waals surface area contributed by atoms with E-state index in [1.807, 2.05) is 6.07 Å². The fraction of sp³-hybridized carbons (Fsp3) is 0.0909. The van der Waals surface area contributed by atoms with Gasteiger partial charge in [0, 0.05) is 17.3 Å². The van der Waals surface area contributed by atoms with Crippen molar-refractivity contribution in [2.75, 3.05) is 5.73 Å². The van der Waals surface area contributed by atoms with Crippen molar-refractivity contribution >= 4 is 17.5 Å². The SMILES string of the molecule is CC(=O)c1ccc(C=CC#N)c(N)c1. The number of hydrogen-bond donors (Lipinski definition) is 1. The average Bonchev–Trinajstić information content (AvgIpc) is 2.15. The van der Waals surface area contributed by atoms with Gasteiger partial charge in [-0.05, 0) is 24.6 Å². The summed E-state index contributed by atoms with van der Waals surface area (Å²) >= 11 is 0. The van der Waals surface area contributed by atoms with Crippen LogP contribution in [0, 0.1) is 11.3 Å². The Bertz CT molecular complexity index is 427. The van der Waals surface area contributed by atoms with Crippen LogP contribution in [0.5, 0.6) is 0 Å². The number of ketones is 1. The number of anilines is 1. The van der Waals surface area contributed by atoms with Crippen molar-refractivity contribution in [2.24, 2.45) is 0 Å². The third kappa shape index (κ3) is 2.20. The Labute approximate surface area is 82.5 Å². The standard InChI is InChI=1S/C11H10N2O/c1-8(14)10-5-4-9(3-2-6-12)11(13)7-10/h2-5,7H,13H2,1H3. The number of benzene rings is 1. The van der Waals surface area contributed by atoms with E-state index in [1.54, 1.807) is 24.3 Å². The minimum atomic E-state index is -0.0208. The number of Topliss-reactive ketones (excluding diaryl/α,β-unsaturated/α-hetero) is 1. The molecule has 1 aromatic rings. The zero-order valence-electron chi connectivity index (χ0n) is 7.82. The van der Waals surface area contributed by atoms with Crippen molar-refractivity contribution in [2.45, 2.75) is 6.92 Å². The second-order valence-electron chi connectivity index (χ2n) is 2.86. The molecule has 14 heavy (non-hydrogen) atoms. The number of carbonyl (C=O) groups is 1. The Morgan fingerprint density at radius 3 is 2.79 bits per heavy atom. The van der Waals surface area contributed by atoms with Crippen molar-refractivity contribution < 1.29 is 4.79 Å². The van der Waals surface area contributed by atoms with Crippen LogP contribution in [-0.2, 0) is 0 Å². The number of rotatable bonds is 2. The van der Waals surface area contributed by atoms with Crippen LogP contribution in [-0.4, -0.2) is 5.78 Å². The predicted molar refractivity (Wildman–Crippen MR) is 55.5 cm³/mol. The smallest absolute Gasteiger partial charge is 0.159 e. The van der Waals surface area contributed by atoms with Gasteiger partial charge in [0.25, 0.3) is 0 Å². The predicted octanol–water partition coefficient (Wildman–Crippen LogP) is 2.01. The number of allylic oxidation sites excluding steroid dienone is 1. The maximum Gasteiger partial charge on any atom is 0.159 e. The molecule has 0 fully saturated rings. The van der Waals surface area contributed by atoms with Gasteiger partial charge in [0.05, 0.1) is 6.07 Å². The number of carbonyl (C=O) groups excluding carboxylic acids is 1. The van der Waals surface area contributed by atoms with E-state index in [0.717, 1.165) is 5.56 Å². The van der Waals surface area contributed by atoms with Crippen LogP contribution >= 0.6 is 0 Å². The third-order valence-corrected chi connectivity index (χ3v) is 1.83. The molecule has 0 saturated carbocycles. The van der Waals surface area contributed by atoms with Crippen LogP contribution in [0.2, 0.25) is 0 Å². The van der Waals surface area contributed by atoms with Crippen LogP contribution in [0.1, 0.15) is 22.8 Å². The third-order valence-electron chi connectivity index (χ3n) is 1.83. The molecule has 0 aromatic heterocycles. The molecule has 0 heterocycles. The minimum absolute atomic E-state index is 0.0208. The maximum absolute atomic E-state index is 11.0. The van der Waals surface area contributed by atoms with E-state index in [0.29, 0.717) is 11.3 Å². The first-order valence-electron chi connectivity index (χ1n) is 4.12. The van der Waals surface area contributed by atoms with E-state index in [2.05, 4.69) is 0 Å². The van der Waals surface area contributed by atoms with Crippen LogP contribution in [0.15, 0.2) is 24.3 Å². The highest BCUT2D eigenvalue weighted by Crippen LogP contribution is 2.16. The van der Waals surface area contributed by atoms with Gasteiger partial charge in [0.15, 0.2) is 5.78 Å². The van der Waals surface area contributed by atoms with E-state index >= 15 is 0 Å². The normalized spacial score (nSPS) is 10.0. The first-order valence-corrected chi connectivity index (χ1v) is 4.12. The minimum Gasteiger partial charge on any atom is -0.398 e. The van der Waals surface area contributed by atoms with Crippen LogP contribution in [0.25, 0.3) is 6.08 Å². The van der Waals surface area contributed by atoms with Gasteiger partial charge in [-0.3, -0.25) is 4.79 Å². The fourth-order valence-corrected chi connectivity index (χ4v) is 1.07. The van der Waals surface area contributed by atoms with E-state index in [-0.39, 0.29) is 5.78 Å². The van der Waals surface area contributed by atoms with Crippen molar-refractivity contribution in [1.29, 1.82) is 5.26 Å². The quantitative estimate of drug-likeness (QED) is 0.436. The molecular formula is C11H10N2O. The van der Waals surface area contributed by atoms with Gasteiger partial charge >= 0.3 is 0 Å². The lowest BCUT2D eigenvalue weighted by Crippen LogP contribution is -1.96. The number of nitrogen functional groups attached to an aromatic ring is 1.